The molecular weight excluding hydrogens is 326 g/mol. The van der Waals surface area contributed by atoms with Gasteiger partial charge >= 0.3 is 0 Å². The number of carbonyl (C=O) groups excluding carboxylic acids is 1. The summed E-state index contributed by atoms with van der Waals surface area (Å²) in [5.74, 6) is -0.124. The molecule has 1 aliphatic heterocycles. The number of rotatable bonds is 7. The van der Waals surface area contributed by atoms with Gasteiger partial charge in [0.1, 0.15) is 0 Å². The number of sulfonamides is 1. The Hall–Kier alpha value is -1.60. The molecule has 0 bridgehead atoms. The first-order valence-electron chi connectivity index (χ1n) is 8.50. The number of anilines is 1. The van der Waals surface area contributed by atoms with Gasteiger partial charge in [-0.3, -0.25) is 9.10 Å². The van der Waals surface area contributed by atoms with Crippen LogP contribution in [0.1, 0.15) is 36.5 Å². The number of benzene rings is 1. The zero-order chi connectivity index (χ0) is 17.6. The van der Waals surface area contributed by atoms with Crippen LogP contribution >= 0.6 is 0 Å². The molecule has 6 nitrogen and oxygen atoms in total. The first-order valence-corrected chi connectivity index (χ1v) is 10.3. The van der Waals surface area contributed by atoms with Crippen LogP contribution in [0.25, 0.3) is 0 Å². The molecular formula is C17H27N3O3S. The van der Waals surface area contributed by atoms with Crippen LogP contribution in [0, 0.1) is 0 Å². The van der Waals surface area contributed by atoms with Crippen LogP contribution in [0.15, 0.2) is 24.3 Å². The van der Waals surface area contributed by atoms with E-state index >= 15 is 0 Å². The first kappa shape index (κ1) is 18.7. The van der Waals surface area contributed by atoms with Crippen LogP contribution < -0.4 is 9.62 Å². The molecule has 1 fully saturated rings. The van der Waals surface area contributed by atoms with Crippen molar-refractivity contribution in [3.8, 4) is 0 Å². The molecule has 1 heterocycles. The molecule has 24 heavy (non-hydrogen) atoms. The van der Waals surface area contributed by atoms with Crippen LogP contribution in [0.2, 0.25) is 0 Å². The minimum atomic E-state index is -3.30. The van der Waals surface area contributed by atoms with Gasteiger partial charge in [0.2, 0.25) is 10.0 Å². The molecule has 0 aromatic heterocycles. The minimum Gasteiger partial charge on any atom is -0.351 e. The molecule has 134 valence electrons. The molecule has 0 atom stereocenters. The van der Waals surface area contributed by atoms with Crippen molar-refractivity contribution in [1.29, 1.82) is 0 Å². The molecule has 1 aromatic carbocycles. The Labute approximate surface area is 144 Å². The van der Waals surface area contributed by atoms with Crippen LogP contribution in [-0.2, 0) is 10.0 Å². The molecule has 0 aliphatic carbocycles. The van der Waals surface area contributed by atoms with Crippen molar-refractivity contribution < 1.29 is 13.2 Å². The molecule has 0 saturated carbocycles. The summed E-state index contributed by atoms with van der Waals surface area (Å²) < 4.78 is 24.7. The van der Waals surface area contributed by atoms with Crippen LogP contribution in [-0.4, -0.2) is 58.2 Å². The van der Waals surface area contributed by atoms with E-state index in [2.05, 4.69) is 10.2 Å². The highest BCUT2D eigenvalue weighted by molar-refractivity contribution is 7.92. The lowest BCUT2D eigenvalue weighted by Crippen LogP contribution is -2.37. The summed E-state index contributed by atoms with van der Waals surface area (Å²) in [4.78, 5) is 14.5. The second kappa shape index (κ2) is 8.48. The highest BCUT2D eigenvalue weighted by atomic mass is 32.2. The number of amides is 1. The van der Waals surface area contributed by atoms with Gasteiger partial charge < -0.3 is 10.2 Å². The Balaban J connectivity index is 1.88. The van der Waals surface area contributed by atoms with Gasteiger partial charge in [0.05, 0.1) is 11.9 Å². The lowest BCUT2D eigenvalue weighted by Gasteiger charge is -2.26. The highest BCUT2D eigenvalue weighted by Gasteiger charge is 2.16. The van der Waals surface area contributed by atoms with Gasteiger partial charge in [0.15, 0.2) is 0 Å². The molecule has 1 aliphatic rings. The van der Waals surface area contributed by atoms with Gasteiger partial charge in [0.25, 0.3) is 5.91 Å². The quantitative estimate of drug-likeness (QED) is 0.810. The predicted molar refractivity (Wildman–Crippen MR) is 96.9 cm³/mol. The summed E-state index contributed by atoms with van der Waals surface area (Å²) in [6.45, 7) is 5.88. The molecule has 7 heteroatoms. The summed E-state index contributed by atoms with van der Waals surface area (Å²) in [6, 6.07) is 6.67. The lowest BCUT2D eigenvalue weighted by atomic mass is 10.1. The zero-order valence-electron chi connectivity index (χ0n) is 14.5. The Morgan fingerprint density at radius 2 is 1.79 bits per heavy atom. The fourth-order valence-electron chi connectivity index (χ4n) is 3.00. The Morgan fingerprint density at radius 3 is 2.33 bits per heavy atom. The Bertz CT molecular complexity index is 638. The maximum Gasteiger partial charge on any atom is 0.251 e. The van der Waals surface area contributed by atoms with E-state index in [4.69, 9.17) is 0 Å². The molecule has 1 N–H and O–H groups in total. The third-order valence-electron chi connectivity index (χ3n) is 4.27. The van der Waals surface area contributed by atoms with Gasteiger partial charge in [-0.25, -0.2) is 8.42 Å². The standard InChI is InChI=1S/C17H27N3O3S/c1-3-20(24(2,22)23)16-9-7-15(8-10-16)17(21)18-11-14-19-12-5-4-6-13-19/h7-10H,3-6,11-14H2,1-2H3,(H,18,21). The van der Waals surface area contributed by atoms with Crippen molar-refractivity contribution in [3.63, 3.8) is 0 Å². The van der Waals surface area contributed by atoms with Crippen LogP contribution in [0.4, 0.5) is 5.69 Å². The topological polar surface area (TPSA) is 69.7 Å². The number of hydrogen-bond acceptors (Lipinski definition) is 4. The van der Waals surface area contributed by atoms with Crippen molar-refractivity contribution >= 4 is 21.6 Å². The highest BCUT2D eigenvalue weighted by Crippen LogP contribution is 2.18. The molecule has 1 amide bonds. The van der Waals surface area contributed by atoms with Crippen molar-refractivity contribution in [1.82, 2.24) is 10.2 Å². The van der Waals surface area contributed by atoms with Crippen molar-refractivity contribution in [2.75, 3.05) is 43.3 Å². The summed E-state index contributed by atoms with van der Waals surface area (Å²) in [5, 5.41) is 2.93. The van der Waals surface area contributed by atoms with Crippen LogP contribution in [0.3, 0.4) is 0 Å². The summed E-state index contributed by atoms with van der Waals surface area (Å²) in [5.41, 5.74) is 1.12. The van der Waals surface area contributed by atoms with Crippen molar-refractivity contribution in [3.05, 3.63) is 29.8 Å². The lowest BCUT2D eigenvalue weighted by molar-refractivity contribution is 0.0946. The average molecular weight is 353 g/mol. The van der Waals surface area contributed by atoms with Gasteiger partial charge in [0, 0.05) is 25.2 Å². The second-order valence-corrected chi connectivity index (χ2v) is 8.04. The third kappa shape index (κ3) is 5.21. The van der Waals surface area contributed by atoms with Gasteiger partial charge in [-0.15, -0.1) is 0 Å². The minimum absolute atomic E-state index is 0.124. The third-order valence-corrected chi connectivity index (χ3v) is 5.54. The normalized spacial score (nSPS) is 15.9. The van der Waals surface area contributed by atoms with E-state index in [0.29, 0.717) is 24.3 Å². The molecule has 1 saturated heterocycles. The van der Waals surface area contributed by atoms with Gasteiger partial charge in [-0.2, -0.15) is 0 Å². The fourth-order valence-corrected chi connectivity index (χ4v) is 3.97. The number of nitrogens with zero attached hydrogens (tertiary/aromatic N) is 2. The van der Waals surface area contributed by atoms with E-state index in [1.807, 2.05) is 0 Å². The monoisotopic (exact) mass is 353 g/mol. The number of carbonyl (C=O) groups is 1. The fraction of sp³-hybridized carbons (Fsp3) is 0.588. The summed E-state index contributed by atoms with van der Waals surface area (Å²) >= 11 is 0. The van der Waals surface area contributed by atoms with E-state index in [0.717, 1.165) is 19.6 Å². The molecule has 2 rings (SSSR count). The predicted octanol–water partition coefficient (Wildman–Crippen LogP) is 1.69. The summed E-state index contributed by atoms with van der Waals surface area (Å²) in [7, 11) is -3.30. The van der Waals surface area contributed by atoms with Crippen molar-refractivity contribution in [2.45, 2.75) is 26.2 Å². The maximum atomic E-state index is 12.2. The van der Waals surface area contributed by atoms with E-state index in [1.54, 1.807) is 31.2 Å². The maximum absolute atomic E-state index is 12.2. The molecule has 0 unspecified atom stereocenters. The molecule has 0 radical (unpaired) electrons. The van der Waals surface area contributed by atoms with Crippen molar-refractivity contribution in [2.24, 2.45) is 0 Å². The number of nitrogens with one attached hydrogen (secondary N) is 1. The summed E-state index contributed by atoms with van der Waals surface area (Å²) in [6.07, 6.45) is 4.96. The van der Waals surface area contributed by atoms with Gasteiger partial charge in [-0.1, -0.05) is 6.42 Å². The molecule has 1 aromatic rings. The largest absolute Gasteiger partial charge is 0.351 e. The first-order chi connectivity index (χ1) is 11.4. The van der Waals surface area contributed by atoms with E-state index < -0.39 is 10.0 Å². The Kier molecular flexibility index (Phi) is 6.62. The van der Waals surface area contributed by atoms with E-state index in [-0.39, 0.29) is 5.91 Å². The van der Waals surface area contributed by atoms with Gasteiger partial charge in [-0.05, 0) is 57.1 Å². The SMILES string of the molecule is CCN(c1ccc(C(=O)NCCN2CCCCC2)cc1)S(C)(=O)=O. The second-order valence-electron chi connectivity index (χ2n) is 6.13. The zero-order valence-corrected chi connectivity index (χ0v) is 15.3. The number of likely N-dealkylation sites (tertiary alicyclic amines) is 1. The average Bonchev–Trinajstić information content (AvgIpc) is 2.56. The smallest absolute Gasteiger partial charge is 0.251 e. The van der Waals surface area contributed by atoms with Crippen LogP contribution in [0.5, 0.6) is 0 Å². The Morgan fingerprint density at radius 1 is 1.17 bits per heavy atom. The molecule has 0 spiro atoms. The number of piperidine rings is 1. The van der Waals surface area contributed by atoms with E-state index in [9.17, 15) is 13.2 Å². The van der Waals surface area contributed by atoms with E-state index in [1.165, 1.54) is 29.8 Å². The number of hydrogen-bond donors (Lipinski definition) is 1.